The number of amides is 4. The summed E-state index contributed by atoms with van der Waals surface area (Å²) in [5.41, 5.74) is 7.06. The van der Waals surface area contributed by atoms with Crippen LogP contribution in [0.15, 0.2) is 119 Å². The highest BCUT2D eigenvalue weighted by Gasteiger charge is 2.40. The quantitative estimate of drug-likeness (QED) is 0.131. The minimum Gasteiger partial charge on any atom is -0.488 e. The van der Waals surface area contributed by atoms with Crippen molar-refractivity contribution >= 4 is 74.4 Å². The molecule has 52 heavy (non-hydrogen) atoms. The summed E-state index contributed by atoms with van der Waals surface area (Å²) >= 11 is 16.0. The van der Waals surface area contributed by atoms with E-state index in [0.717, 1.165) is 47.6 Å². The Kier molecular flexibility index (Phi) is 9.38. The van der Waals surface area contributed by atoms with Crippen molar-refractivity contribution in [2.24, 2.45) is 0 Å². The standard InChI is InChI=1S/C42H32BrCl2N3O4/c43-29-12-14-38(52-24-27-11-13-30(44)21-37(27)45)28(19-29)20-36-40(49)46-42(51)48(41(36)50)31-22-34-32(25-7-3-1-4-8-25)15-17-47-18-16-33(35(23-31)39(34)47)26-9-5-2-6-10-26/h1-14,19-23,32-33H,15-18,24H2,(H,46,49,51)/b36-20+/t32-,33+. The molecule has 0 bridgehead atoms. The molecule has 5 aromatic carbocycles. The van der Waals surface area contributed by atoms with Gasteiger partial charge in [-0.1, -0.05) is 106 Å². The molecule has 7 nitrogen and oxygen atoms in total. The number of hydrogen-bond donors (Lipinski definition) is 1. The lowest BCUT2D eigenvalue weighted by Crippen LogP contribution is -2.54. The van der Waals surface area contributed by atoms with Crippen LogP contribution in [0.5, 0.6) is 5.75 Å². The van der Waals surface area contributed by atoms with Gasteiger partial charge in [-0.05, 0) is 83.6 Å². The normalized spacial score (nSPS) is 19.1. The number of urea groups is 1. The smallest absolute Gasteiger partial charge is 0.335 e. The van der Waals surface area contributed by atoms with Gasteiger partial charge in [-0.3, -0.25) is 14.9 Å². The average Bonchev–Trinajstić information content (AvgIpc) is 3.14. The number of carbonyl (C=O) groups excluding carboxylic acids is 3. The van der Waals surface area contributed by atoms with Gasteiger partial charge in [0.15, 0.2) is 0 Å². The van der Waals surface area contributed by atoms with Crippen molar-refractivity contribution in [1.82, 2.24) is 5.32 Å². The molecule has 3 aliphatic heterocycles. The van der Waals surface area contributed by atoms with E-state index in [1.807, 2.05) is 48.5 Å². The number of nitrogens with one attached hydrogen (secondary N) is 1. The first-order valence-corrected chi connectivity index (χ1v) is 18.6. The van der Waals surface area contributed by atoms with Crippen LogP contribution in [0.4, 0.5) is 16.2 Å². The number of nitrogens with zero attached hydrogens (tertiary/aromatic N) is 2. The van der Waals surface area contributed by atoms with Crippen molar-refractivity contribution < 1.29 is 19.1 Å². The number of hydrogen-bond acceptors (Lipinski definition) is 5. The largest absolute Gasteiger partial charge is 0.488 e. The van der Waals surface area contributed by atoms with Crippen molar-refractivity contribution in [2.45, 2.75) is 31.3 Å². The topological polar surface area (TPSA) is 79.0 Å². The first-order chi connectivity index (χ1) is 25.2. The van der Waals surface area contributed by atoms with E-state index in [9.17, 15) is 14.4 Å². The molecule has 0 aromatic heterocycles. The van der Waals surface area contributed by atoms with Gasteiger partial charge in [-0.15, -0.1) is 0 Å². The zero-order valence-electron chi connectivity index (χ0n) is 27.8. The summed E-state index contributed by atoms with van der Waals surface area (Å²) in [6.07, 6.45) is 3.25. The van der Waals surface area contributed by atoms with E-state index >= 15 is 0 Å². The summed E-state index contributed by atoms with van der Waals surface area (Å²) in [5.74, 6) is -0.955. The minimum atomic E-state index is -0.793. The van der Waals surface area contributed by atoms with Crippen molar-refractivity contribution in [3.63, 3.8) is 0 Å². The molecular formula is C42H32BrCl2N3O4. The molecule has 3 aliphatic rings. The zero-order chi connectivity index (χ0) is 35.9. The van der Waals surface area contributed by atoms with Crippen LogP contribution in [0.1, 0.15) is 58.1 Å². The summed E-state index contributed by atoms with van der Waals surface area (Å²) in [7, 11) is 0. The van der Waals surface area contributed by atoms with E-state index in [1.165, 1.54) is 17.2 Å². The molecular weight excluding hydrogens is 761 g/mol. The SMILES string of the molecule is O=C1NC(=O)N(c2cc3c4c(c2)[C@H](c2ccccc2)CCN4CC[C@@H]3c2ccccc2)C(=O)/C1=C/c1cc(Br)ccc1OCc1ccc(Cl)cc1Cl. The van der Waals surface area contributed by atoms with Gasteiger partial charge >= 0.3 is 6.03 Å². The van der Waals surface area contributed by atoms with Crippen LogP contribution in [-0.2, 0) is 16.2 Å². The minimum absolute atomic E-state index is 0.0655. The lowest BCUT2D eigenvalue weighted by Gasteiger charge is -2.44. The Hall–Kier alpha value is -4.89. The summed E-state index contributed by atoms with van der Waals surface area (Å²) in [6.45, 7) is 1.94. The molecule has 260 valence electrons. The van der Waals surface area contributed by atoms with Gasteiger partial charge in [-0.2, -0.15) is 0 Å². The number of benzene rings is 5. The van der Waals surface area contributed by atoms with E-state index in [4.69, 9.17) is 27.9 Å². The van der Waals surface area contributed by atoms with Gasteiger partial charge < -0.3 is 9.64 Å². The summed E-state index contributed by atoms with van der Waals surface area (Å²) in [6, 6.07) is 34.3. The first-order valence-electron chi connectivity index (χ1n) is 17.1. The second kappa shape index (κ2) is 14.3. The Balaban J connectivity index is 1.21. The molecule has 2 atom stereocenters. The highest BCUT2D eigenvalue weighted by molar-refractivity contribution is 9.10. The predicted molar refractivity (Wildman–Crippen MR) is 208 cm³/mol. The number of anilines is 2. The molecule has 1 N–H and O–H groups in total. The van der Waals surface area contributed by atoms with Crippen LogP contribution >= 0.6 is 39.1 Å². The fraction of sp³-hybridized carbons (Fsp3) is 0.167. The van der Waals surface area contributed by atoms with Crippen LogP contribution in [0, 0.1) is 0 Å². The Morgan fingerprint density at radius 2 is 1.42 bits per heavy atom. The van der Waals surface area contributed by atoms with Crippen molar-refractivity contribution in [2.75, 3.05) is 22.9 Å². The lowest BCUT2D eigenvalue weighted by molar-refractivity contribution is -0.122. The van der Waals surface area contributed by atoms with Gasteiger partial charge in [0.2, 0.25) is 0 Å². The third kappa shape index (κ3) is 6.51. The molecule has 0 radical (unpaired) electrons. The van der Waals surface area contributed by atoms with Crippen molar-refractivity contribution in [3.05, 3.63) is 163 Å². The van der Waals surface area contributed by atoms with E-state index < -0.39 is 17.8 Å². The zero-order valence-corrected chi connectivity index (χ0v) is 30.9. The van der Waals surface area contributed by atoms with Crippen LogP contribution in [-0.4, -0.2) is 30.9 Å². The Bertz CT molecular complexity index is 2190. The fourth-order valence-electron chi connectivity index (χ4n) is 7.57. The van der Waals surface area contributed by atoms with Crippen LogP contribution in [0.25, 0.3) is 6.08 Å². The number of rotatable bonds is 7. The highest BCUT2D eigenvalue weighted by atomic mass is 79.9. The van der Waals surface area contributed by atoms with Gasteiger partial charge in [0.1, 0.15) is 17.9 Å². The first kappa shape index (κ1) is 34.2. The Labute approximate surface area is 319 Å². The van der Waals surface area contributed by atoms with Crippen LogP contribution < -0.4 is 19.9 Å². The maximum absolute atomic E-state index is 14.4. The molecule has 1 fully saturated rings. The van der Waals surface area contributed by atoms with Crippen LogP contribution in [0.2, 0.25) is 10.0 Å². The Morgan fingerprint density at radius 3 is 2.04 bits per heavy atom. The third-order valence-corrected chi connectivity index (χ3v) is 11.1. The fourth-order valence-corrected chi connectivity index (χ4v) is 8.42. The van der Waals surface area contributed by atoms with Gasteiger partial charge in [0.25, 0.3) is 11.8 Å². The van der Waals surface area contributed by atoms with E-state index in [2.05, 4.69) is 50.4 Å². The molecule has 3 heterocycles. The van der Waals surface area contributed by atoms with Gasteiger partial charge in [0, 0.05) is 56.3 Å². The van der Waals surface area contributed by atoms with Gasteiger partial charge in [0.05, 0.1) is 5.69 Å². The molecule has 8 rings (SSSR count). The summed E-state index contributed by atoms with van der Waals surface area (Å²) in [4.78, 5) is 45.0. The van der Waals surface area contributed by atoms with Gasteiger partial charge in [-0.25, -0.2) is 9.69 Å². The van der Waals surface area contributed by atoms with E-state index in [1.54, 1.807) is 36.4 Å². The molecule has 1 saturated heterocycles. The maximum Gasteiger partial charge on any atom is 0.335 e. The predicted octanol–water partition coefficient (Wildman–Crippen LogP) is 9.88. The summed E-state index contributed by atoms with van der Waals surface area (Å²) in [5, 5.41) is 3.39. The molecule has 0 saturated carbocycles. The van der Waals surface area contributed by atoms with Crippen molar-refractivity contribution in [1.29, 1.82) is 0 Å². The third-order valence-electron chi connectivity index (χ3n) is 10.0. The molecule has 0 spiro atoms. The molecule has 10 heteroatoms. The van der Waals surface area contributed by atoms with E-state index in [-0.39, 0.29) is 24.0 Å². The number of barbiturate groups is 1. The van der Waals surface area contributed by atoms with E-state index in [0.29, 0.717) is 37.1 Å². The molecule has 0 unspecified atom stereocenters. The molecule has 5 aromatic rings. The summed E-state index contributed by atoms with van der Waals surface area (Å²) < 4.78 is 6.85. The monoisotopic (exact) mass is 791 g/mol. The highest BCUT2D eigenvalue weighted by Crippen LogP contribution is 2.50. The molecule has 0 aliphatic carbocycles. The second-order valence-corrected chi connectivity index (χ2v) is 14.9. The van der Waals surface area contributed by atoms with Crippen molar-refractivity contribution in [3.8, 4) is 5.75 Å². The lowest BCUT2D eigenvalue weighted by atomic mass is 9.76. The Morgan fingerprint density at radius 1 is 0.788 bits per heavy atom. The maximum atomic E-state index is 14.4. The average molecular weight is 794 g/mol. The number of carbonyl (C=O) groups is 3. The van der Waals surface area contributed by atoms with Crippen LogP contribution in [0.3, 0.4) is 0 Å². The number of ether oxygens (including phenoxy) is 1. The second-order valence-electron chi connectivity index (χ2n) is 13.1. The number of halogens is 3. The molecule has 4 amide bonds. The number of imide groups is 2.